The average molecular weight is 302 g/mol. The molecular formula is C14H26N2O5. The summed E-state index contributed by atoms with van der Waals surface area (Å²) in [6.45, 7) is 10.4. The zero-order valence-corrected chi connectivity index (χ0v) is 13.4. The second kappa shape index (κ2) is 6.62. The van der Waals surface area contributed by atoms with Gasteiger partial charge >= 0.3 is 12.1 Å². The van der Waals surface area contributed by atoms with Crippen molar-refractivity contribution >= 4 is 12.1 Å². The number of nitrogens with zero attached hydrogens (tertiary/aromatic N) is 1. The van der Waals surface area contributed by atoms with Gasteiger partial charge in [0.1, 0.15) is 5.60 Å². The Morgan fingerprint density at radius 3 is 2.33 bits per heavy atom. The predicted molar refractivity (Wildman–Crippen MR) is 76.7 cm³/mol. The first-order chi connectivity index (χ1) is 9.53. The van der Waals surface area contributed by atoms with Gasteiger partial charge in [-0.2, -0.15) is 5.48 Å². The highest BCUT2D eigenvalue weighted by Gasteiger charge is 2.48. The molecule has 0 unspecified atom stereocenters. The Kier molecular flexibility index (Phi) is 5.58. The van der Waals surface area contributed by atoms with Crippen molar-refractivity contribution in [2.24, 2.45) is 5.92 Å². The van der Waals surface area contributed by atoms with Crippen LogP contribution in [0.4, 0.5) is 4.79 Å². The molecule has 0 bridgehead atoms. The molecule has 1 saturated heterocycles. The van der Waals surface area contributed by atoms with E-state index in [9.17, 15) is 9.59 Å². The molecule has 1 aliphatic rings. The Morgan fingerprint density at radius 1 is 1.33 bits per heavy atom. The highest BCUT2D eigenvalue weighted by molar-refractivity contribution is 5.72. The van der Waals surface area contributed by atoms with Crippen molar-refractivity contribution in [3.05, 3.63) is 0 Å². The lowest BCUT2D eigenvalue weighted by Crippen LogP contribution is -2.71. The van der Waals surface area contributed by atoms with Gasteiger partial charge in [0.2, 0.25) is 0 Å². The van der Waals surface area contributed by atoms with E-state index in [2.05, 4.69) is 5.48 Å². The number of carboxylic acid groups (broad SMARTS) is 1. The molecule has 1 fully saturated rings. The van der Waals surface area contributed by atoms with Crippen LogP contribution < -0.4 is 5.48 Å². The number of hydroxylamine groups is 1. The van der Waals surface area contributed by atoms with Crippen LogP contribution in [0.5, 0.6) is 0 Å². The molecule has 7 heteroatoms. The Labute approximate surface area is 125 Å². The predicted octanol–water partition coefficient (Wildman–Crippen LogP) is 1.63. The lowest BCUT2D eigenvalue weighted by molar-refractivity contribution is -0.148. The first-order valence-corrected chi connectivity index (χ1v) is 7.12. The van der Waals surface area contributed by atoms with Gasteiger partial charge in [-0.05, 0) is 26.7 Å². The normalized spacial score (nSPS) is 17.5. The Balaban J connectivity index is 2.53. The minimum atomic E-state index is -0.931. The van der Waals surface area contributed by atoms with Gasteiger partial charge in [0.15, 0.2) is 0 Å². The topological polar surface area (TPSA) is 88.1 Å². The molecule has 0 saturated carbocycles. The van der Waals surface area contributed by atoms with Gasteiger partial charge in [0.05, 0.1) is 18.6 Å². The maximum absolute atomic E-state index is 11.9. The van der Waals surface area contributed by atoms with Gasteiger partial charge in [0, 0.05) is 13.1 Å². The second-order valence-electron chi connectivity index (χ2n) is 6.99. The minimum absolute atomic E-state index is 0.107. The fourth-order valence-corrected chi connectivity index (χ4v) is 2.00. The summed E-state index contributed by atoms with van der Waals surface area (Å²) < 4.78 is 5.25. The lowest BCUT2D eigenvalue weighted by atomic mass is 9.87. The molecule has 0 spiro atoms. The van der Waals surface area contributed by atoms with Crippen molar-refractivity contribution in [3.63, 3.8) is 0 Å². The molecule has 0 atom stereocenters. The van der Waals surface area contributed by atoms with Crippen molar-refractivity contribution in [3.8, 4) is 0 Å². The number of carbonyl (C=O) groups excluding carboxylic acids is 1. The average Bonchev–Trinajstić information content (AvgIpc) is 2.20. The van der Waals surface area contributed by atoms with E-state index in [1.165, 1.54) is 4.90 Å². The Morgan fingerprint density at radius 2 is 1.90 bits per heavy atom. The molecule has 1 heterocycles. The Hall–Kier alpha value is -1.34. The van der Waals surface area contributed by atoms with Crippen LogP contribution in [0.2, 0.25) is 0 Å². The zero-order chi connectivity index (χ0) is 16.3. The number of nitrogens with one attached hydrogen (secondary N) is 1. The van der Waals surface area contributed by atoms with Crippen LogP contribution in [0.15, 0.2) is 0 Å². The van der Waals surface area contributed by atoms with Crippen LogP contribution in [-0.4, -0.2) is 52.9 Å². The third kappa shape index (κ3) is 5.89. The molecule has 0 aromatic rings. The van der Waals surface area contributed by atoms with Crippen LogP contribution in [0.1, 0.15) is 41.0 Å². The van der Waals surface area contributed by atoms with Gasteiger partial charge < -0.3 is 19.6 Å². The summed E-state index contributed by atoms with van der Waals surface area (Å²) in [6.07, 6.45) is -0.543. The van der Waals surface area contributed by atoms with Gasteiger partial charge in [-0.3, -0.25) is 4.79 Å². The molecule has 0 radical (unpaired) electrons. The van der Waals surface area contributed by atoms with Crippen LogP contribution >= 0.6 is 0 Å². The van der Waals surface area contributed by atoms with Crippen LogP contribution in [0.25, 0.3) is 0 Å². The van der Waals surface area contributed by atoms with Crippen molar-refractivity contribution in [2.75, 3.05) is 19.7 Å². The van der Waals surface area contributed by atoms with Gasteiger partial charge in [-0.25, -0.2) is 4.79 Å². The zero-order valence-electron chi connectivity index (χ0n) is 13.4. The number of amides is 1. The second-order valence-corrected chi connectivity index (χ2v) is 6.99. The molecule has 0 aliphatic carbocycles. The van der Waals surface area contributed by atoms with Crippen molar-refractivity contribution in [1.82, 2.24) is 10.4 Å². The molecule has 122 valence electrons. The van der Waals surface area contributed by atoms with Gasteiger partial charge in [0.25, 0.3) is 0 Å². The summed E-state index contributed by atoms with van der Waals surface area (Å²) in [6, 6.07) is 0. The van der Waals surface area contributed by atoms with Gasteiger partial charge in [-0.15, -0.1) is 0 Å². The first kappa shape index (κ1) is 17.7. The van der Waals surface area contributed by atoms with Crippen LogP contribution in [-0.2, 0) is 14.4 Å². The fourth-order valence-electron chi connectivity index (χ4n) is 2.00. The maximum Gasteiger partial charge on any atom is 0.410 e. The van der Waals surface area contributed by atoms with E-state index in [1.54, 1.807) is 20.8 Å². The number of aliphatic carboxylic acids is 1. The van der Waals surface area contributed by atoms with Crippen molar-refractivity contribution in [2.45, 2.75) is 52.2 Å². The molecule has 21 heavy (non-hydrogen) atoms. The van der Waals surface area contributed by atoms with E-state index in [-0.39, 0.29) is 19.5 Å². The summed E-state index contributed by atoms with van der Waals surface area (Å²) in [4.78, 5) is 29.7. The first-order valence-electron chi connectivity index (χ1n) is 7.12. The third-order valence-electron chi connectivity index (χ3n) is 2.83. The number of rotatable bonds is 6. The third-order valence-corrected chi connectivity index (χ3v) is 2.83. The summed E-state index contributed by atoms with van der Waals surface area (Å²) in [5.74, 6) is -0.596. The van der Waals surface area contributed by atoms with Crippen molar-refractivity contribution < 1.29 is 24.3 Å². The number of ether oxygens (including phenoxy) is 1. The van der Waals surface area contributed by atoms with Gasteiger partial charge in [-0.1, -0.05) is 13.8 Å². The van der Waals surface area contributed by atoms with E-state index in [4.69, 9.17) is 14.7 Å². The van der Waals surface area contributed by atoms with E-state index < -0.39 is 23.2 Å². The standard InChI is InChI=1S/C14H26N2O5/c1-10(2)7-20-15-14(6-11(17)18)8-16(9-14)12(19)21-13(3,4)5/h10,15H,6-9H2,1-5H3,(H,17,18). The fraction of sp³-hybridized carbons (Fsp3) is 0.857. The molecular weight excluding hydrogens is 276 g/mol. The largest absolute Gasteiger partial charge is 0.481 e. The lowest BCUT2D eigenvalue weighted by Gasteiger charge is -2.49. The highest BCUT2D eigenvalue weighted by atomic mass is 16.6. The summed E-state index contributed by atoms with van der Waals surface area (Å²) >= 11 is 0. The summed E-state index contributed by atoms with van der Waals surface area (Å²) in [5, 5.41) is 9.00. The molecule has 1 amide bonds. The van der Waals surface area contributed by atoms with Crippen molar-refractivity contribution in [1.29, 1.82) is 0 Å². The van der Waals surface area contributed by atoms with Crippen LogP contribution in [0, 0.1) is 5.92 Å². The molecule has 1 aliphatic heterocycles. The molecule has 7 nitrogen and oxygen atoms in total. The number of likely N-dealkylation sites (tertiary alicyclic amines) is 1. The van der Waals surface area contributed by atoms with E-state index in [1.807, 2.05) is 13.8 Å². The number of hydrogen-bond acceptors (Lipinski definition) is 5. The molecule has 0 aromatic carbocycles. The molecule has 2 N–H and O–H groups in total. The smallest absolute Gasteiger partial charge is 0.410 e. The quantitative estimate of drug-likeness (QED) is 0.725. The molecule has 1 rings (SSSR count). The summed E-state index contributed by atoms with van der Waals surface area (Å²) in [7, 11) is 0. The monoisotopic (exact) mass is 302 g/mol. The highest BCUT2D eigenvalue weighted by Crippen LogP contribution is 2.27. The maximum atomic E-state index is 11.9. The Bertz CT molecular complexity index is 383. The minimum Gasteiger partial charge on any atom is -0.481 e. The number of hydrogen-bond donors (Lipinski definition) is 2. The summed E-state index contributed by atoms with van der Waals surface area (Å²) in [5.41, 5.74) is 1.51. The van der Waals surface area contributed by atoms with E-state index in [0.29, 0.717) is 12.5 Å². The van der Waals surface area contributed by atoms with E-state index in [0.717, 1.165) is 0 Å². The molecule has 0 aromatic heterocycles. The van der Waals surface area contributed by atoms with E-state index >= 15 is 0 Å². The SMILES string of the molecule is CC(C)CONC1(CC(=O)O)CN(C(=O)OC(C)(C)C)C1. The number of carboxylic acids is 1. The number of carbonyl (C=O) groups is 2. The van der Waals surface area contributed by atoms with Crippen LogP contribution in [0.3, 0.4) is 0 Å².